The summed E-state index contributed by atoms with van der Waals surface area (Å²) in [5, 5.41) is 0. The van der Waals surface area contributed by atoms with Crippen LogP contribution in [0.2, 0.25) is 0 Å². The van der Waals surface area contributed by atoms with Crippen LogP contribution in [0.15, 0.2) is 54.3 Å². The molecule has 2 aromatic carbocycles. The van der Waals surface area contributed by atoms with Gasteiger partial charge in [-0.3, -0.25) is 14.5 Å². The maximum Gasteiger partial charge on any atom is 0.294 e. The van der Waals surface area contributed by atoms with Crippen LogP contribution in [0.5, 0.6) is 5.75 Å². The van der Waals surface area contributed by atoms with Crippen LogP contribution < -0.4 is 9.64 Å². The molecule has 0 spiro atoms. The average Bonchev–Trinajstić information content (AvgIpc) is 2.73. The Morgan fingerprint density at radius 1 is 1.07 bits per heavy atom. The Morgan fingerprint density at radius 2 is 1.79 bits per heavy atom. The third-order valence-electron chi connectivity index (χ3n) is 4.66. The summed E-state index contributed by atoms with van der Waals surface area (Å²) in [6, 6.07) is 12.8. The van der Waals surface area contributed by atoms with Gasteiger partial charge in [0.05, 0.1) is 18.9 Å². The molecule has 4 rings (SSSR count). The summed E-state index contributed by atoms with van der Waals surface area (Å²) in [6.07, 6.45) is 1.55. The Kier molecular flexibility index (Phi) is 5.08. The van der Waals surface area contributed by atoms with Crippen molar-refractivity contribution in [2.75, 3.05) is 37.7 Å². The first-order valence-corrected chi connectivity index (χ1v) is 9.03. The van der Waals surface area contributed by atoms with E-state index in [4.69, 9.17) is 9.47 Å². The lowest BCUT2D eigenvalue weighted by atomic mass is 10.1. The van der Waals surface area contributed by atoms with Crippen LogP contribution in [0, 0.1) is 5.82 Å². The lowest BCUT2D eigenvalue weighted by molar-refractivity contribution is -0.135. The predicted molar refractivity (Wildman–Crippen MR) is 101 cm³/mol. The van der Waals surface area contributed by atoms with Gasteiger partial charge in [-0.1, -0.05) is 24.3 Å². The van der Waals surface area contributed by atoms with Crippen molar-refractivity contribution >= 4 is 23.6 Å². The molecular weight excluding hydrogens is 363 g/mol. The number of morpholine rings is 1. The van der Waals surface area contributed by atoms with Gasteiger partial charge in [0, 0.05) is 13.1 Å². The van der Waals surface area contributed by atoms with Gasteiger partial charge < -0.3 is 14.4 Å². The standard InChI is InChI=1S/C21H19FN2O4/c22-16-7-5-15(6-8-16)13-19-21(26)24(17-3-1-2-4-18(17)28-19)14-20(25)23-9-11-27-12-10-23/h1-8,13H,9-12,14H2/b19-13+. The SMILES string of the molecule is O=C(CN1C(=O)/C(=C\c2ccc(F)cc2)Oc2ccccc21)N1CCOCC1. The molecule has 6 nitrogen and oxygen atoms in total. The fraction of sp³-hybridized carbons (Fsp3) is 0.238. The van der Waals surface area contributed by atoms with E-state index in [0.29, 0.717) is 43.3 Å². The number of carbonyl (C=O) groups is 2. The van der Waals surface area contributed by atoms with Gasteiger partial charge in [0.25, 0.3) is 5.91 Å². The minimum Gasteiger partial charge on any atom is -0.449 e. The maximum atomic E-state index is 13.1. The third-order valence-corrected chi connectivity index (χ3v) is 4.66. The molecule has 28 heavy (non-hydrogen) atoms. The van der Waals surface area contributed by atoms with Crippen molar-refractivity contribution in [3.63, 3.8) is 0 Å². The molecule has 0 radical (unpaired) electrons. The topological polar surface area (TPSA) is 59.1 Å². The number of para-hydroxylation sites is 2. The molecular formula is C21H19FN2O4. The first kappa shape index (κ1) is 18.2. The number of amides is 2. The highest BCUT2D eigenvalue weighted by atomic mass is 19.1. The lowest BCUT2D eigenvalue weighted by Crippen LogP contribution is -2.48. The lowest BCUT2D eigenvalue weighted by Gasteiger charge is -2.33. The van der Waals surface area contributed by atoms with Crippen molar-refractivity contribution in [3.05, 3.63) is 65.7 Å². The van der Waals surface area contributed by atoms with Crippen molar-refractivity contribution in [2.45, 2.75) is 0 Å². The maximum absolute atomic E-state index is 13.1. The van der Waals surface area contributed by atoms with Gasteiger partial charge in [-0.2, -0.15) is 0 Å². The largest absolute Gasteiger partial charge is 0.449 e. The number of hydrogen-bond donors (Lipinski definition) is 0. The van der Waals surface area contributed by atoms with E-state index >= 15 is 0 Å². The molecule has 2 aromatic rings. The molecule has 0 saturated carbocycles. The zero-order valence-corrected chi connectivity index (χ0v) is 15.1. The van der Waals surface area contributed by atoms with Crippen molar-refractivity contribution < 1.29 is 23.5 Å². The highest BCUT2D eigenvalue weighted by molar-refractivity contribution is 6.12. The molecule has 0 aliphatic carbocycles. The molecule has 2 amide bonds. The van der Waals surface area contributed by atoms with E-state index in [1.165, 1.54) is 17.0 Å². The number of halogens is 1. The molecule has 144 valence electrons. The molecule has 1 fully saturated rings. The second kappa shape index (κ2) is 7.82. The summed E-state index contributed by atoms with van der Waals surface area (Å²) in [5.41, 5.74) is 1.17. The number of fused-ring (bicyclic) bond motifs is 1. The van der Waals surface area contributed by atoms with Crippen molar-refractivity contribution in [1.82, 2.24) is 4.90 Å². The first-order chi connectivity index (χ1) is 13.6. The van der Waals surface area contributed by atoms with Crippen LogP contribution in [-0.2, 0) is 14.3 Å². The van der Waals surface area contributed by atoms with Crippen LogP contribution in [0.1, 0.15) is 5.56 Å². The van der Waals surface area contributed by atoms with Crippen LogP contribution in [0.25, 0.3) is 6.08 Å². The van der Waals surface area contributed by atoms with Crippen LogP contribution in [0.4, 0.5) is 10.1 Å². The van der Waals surface area contributed by atoms with Gasteiger partial charge in [-0.05, 0) is 35.9 Å². The molecule has 0 aromatic heterocycles. The number of ether oxygens (including phenoxy) is 2. The third kappa shape index (κ3) is 3.75. The summed E-state index contributed by atoms with van der Waals surface area (Å²) >= 11 is 0. The fourth-order valence-electron chi connectivity index (χ4n) is 3.18. The zero-order chi connectivity index (χ0) is 19.5. The number of anilines is 1. The van der Waals surface area contributed by atoms with E-state index < -0.39 is 5.91 Å². The zero-order valence-electron chi connectivity index (χ0n) is 15.1. The Hall–Kier alpha value is -3.19. The molecule has 2 aliphatic heterocycles. The predicted octanol–water partition coefficient (Wildman–Crippen LogP) is 2.45. The minimum atomic E-state index is -0.412. The fourth-order valence-corrected chi connectivity index (χ4v) is 3.18. The normalized spacial score (nSPS) is 18.0. The van der Waals surface area contributed by atoms with Gasteiger partial charge >= 0.3 is 0 Å². The van der Waals surface area contributed by atoms with E-state index in [1.807, 2.05) is 0 Å². The molecule has 0 unspecified atom stereocenters. The van der Waals surface area contributed by atoms with E-state index in [9.17, 15) is 14.0 Å². The summed E-state index contributed by atoms with van der Waals surface area (Å²) in [5.74, 6) is -0.342. The Balaban J connectivity index is 1.63. The number of hydrogen-bond acceptors (Lipinski definition) is 4. The van der Waals surface area contributed by atoms with E-state index in [2.05, 4.69) is 0 Å². The van der Waals surface area contributed by atoms with E-state index in [-0.39, 0.29) is 24.0 Å². The summed E-state index contributed by atoms with van der Waals surface area (Å²) in [7, 11) is 0. The Bertz CT molecular complexity index is 920. The molecule has 2 heterocycles. The Labute approximate surface area is 161 Å². The van der Waals surface area contributed by atoms with Gasteiger partial charge in [0.2, 0.25) is 5.91 Å². The number of rotatable bonds is 3. The van der Waals surface area contributed by atoms with Gasteiger partial charge in [-0.15, -0.1) is 0 Å². The second-order valence-corrected chi connectivity index (χ2v) is 6.51. The van der Waals surface area contributed by atoms with Gasteiger partial charge in [0.15, 0.2) is 11.5 Å². The van der Waals surface area contributed by atoms with Gasteiger partial charge in [-0.25, -0.2) is 4.39 Å². The molecule has 7 heteroatoms. The van der Waals surface area contributed by atoms with Gasteiger partial charge in [0.1, 0.15) is 12.4 Å². The van der Waals surface area contributed by atoms with Crippen LogP contribution in [-0.4, -0.2) is 49.6 Å². The highest BCUT2D eigenvalue weighted by Crippen LogP contribution is 2.35. The quantitative estimate of drug-likeness (QED) is 0.766. The number of carbonyl (C=O) groups excluding carboxylic acids is 2. The van der Waals surface area contributed by atoms with Crippen LogP contribution in [0.3, 0.4) is 0 Å². The summed E-state index contributed by atoms with van der Waals surface area (Å²) in [4.78, 5) is 28.9. The molecule has 0 bridgehead atoms. The smallest absolute Gasteiger partial charge is 0.294 e. The number of nitrogens with zero attached hydrogens (tertiary/aromatic N) is 2. The molecule has 0 N–H and O–H groups in total. The van der Waals surface area contributed by atoms with Crippen molar-refractivity contribution in [1.29, 1.82) is 0 Å². The monoisotopic (exact) mass is 382 g/mol. The van der Waals surface area contributed by atoms with E-state index in [0.717, 1.165) is 0 Å². The number of benzene rings is 2. The average molecular weight is 382 g/mol. The second-order valence-electron chi connectivity index (χ2n) is 6.51. The van der Waals surface area contributed by atoms with Crippen molar-refractivity contribution in [2.24, 2.45) is 0 Å². The summed E-state index contributed by atoms with van der Waals surface area (Å²) < 4.78 is 24.2. The molecule has 1 saturated heterocycles. The Morgan fingerprint density at radius 3 is 2.54 bits per heavy atom. The molecule has 0 atom stereocenters. The highest BCUT2D eigenvalue weighted by Gasteiger charge is 2.32. The van der Waals surface area contributed by atoms with Crippen molar-refractivity contribution in [3.8, 4) is 5.75 Å². The van der Waals surface area contributed by atoms with E-state index in [1.54, 1.807) is 47.4 Å². The van der Waals surface area contributed by atoms with Crippen LogP contribution >= 0.6 is 0 Å². The first-order valence-electron chi connectivity index (χ1n) is 9.03. The summed E-state index contributed by atoms with van der Waals surface area (Å²) in [6.45, 7) is 1.93. The molecule has 2 aliphatic rings. The minimum absolute atomic E-state index is 0.0834.